The summed E-state index contributed by atoms with van der Waals surface area (Å²) in [5, 5.41) is 2.83. The third kappa shape index (κ3) is 3.49. The van der Waals surface area contributed by atoms with Gasteiger partial charge in [-0.05, 0) is 46.2 Å². The van der Waals surface area contributed by atoms with Gasteiger partial charge >= 0.3 is 0 Å². The summed E-state index contributed by atoms with van der Waals surface area (Å²) in [6, 6.07) is 4.98. The molecule has 0 spiro atoms. The number of benzene rings is 1. The largest absolute Gasteiger partial charge is 0.491 e. The van der Waals surface area contributed by atoms with Crippen molar-refractivity contribution in [2.24, 2.45) is 0 Å². The van der Waals surface area contributed by atoms with Gasteiger partial charge in [0.15, 0.2) is 0 Å². The van der Waals surface area contributed by atoms with Crippen molar-refractivity contribution in [3.63, 3.8) is 0 Å². The number of nitrogens with one attached hydrogen (secondary N) is 1. The highest BCUT2D eigenvalue weighted by molar-refractivity contribution is 5.37. The van der Waals surface area contributed by atoms with Crippen molar-refractivity contribution in [1.82, 2.24) is 9.78 Å². The first-order valence-electron chi connectivity index (χ1n) is 7.99. The first-order chi connectivity index (χ1) is 10.7. The molecule has 23 heavy (non-hydrogen) atoms. The first kappa shape index (κ1) is 17.3. The summed E-state index contributed by atoms with van der Waals surface area (Å²) >= 11 is 0. The number of aromatic amines is 1. The summed E-state index contributed by atoms with van der Waals surface area (Å²) in [7, 11) is 0. The molecule has 1 N–H and O–H groups in total. The second-order valence-corrected chi connectivity index (χ2v) is 6.48. The normalized spacial score (nSPS) is 12.9. The van der Waals surface area contributed by atoms with E-state index in [-0.39, 0.29) is 29.4 Å². The minimum atomic E-state index is -0.355. The molecular formula is C18H25FN2O2. The standard InChI is InChI=1S/C18H25FN2O2/c1-10(2)21-13(6)17(18(22)20-21)12(5)15-8-7-14(9-16(15)19)23-11(3)4/h7-12H,1-6H3,(H,20,22). The predicted molar refractivity (Wildman–Crippen MR) is 89.9 cm³/mol. The maximum atomic E-state index is 14.5. The molecule has 2 rings (SSSR count). The molecule has 1 heterocycles. The Kier molecular flexibility index (Phi) is 4.97. The summed E-state index contributed by atoms with van der Waals surface area (Å²) in [4.78, 5) is 12.3. The number of rotatable bonds is 5. The van der Waals surface area contributed by atoms with Crippen LogP contribution in [0, 0.1) is 12.7 Å². The maximum absolute atomic E-state index is 14.5. The Hall–Kier alpha value is -2.04. The van der Waals surface area contributed by atoms with Crippen LogP contribution in [0.4, 0.5) is 4.39 Å². The lowest BCUT2D eigenvalue weighted by Gasteiger charge is -2.16. The molecule has 0 bridgehead atoms. The Morgan fingerprint density at radius 1 is 1.17 bits per heavy atom. The van der Waals surface area contributed by atoms with E-state index in [9.17, 15) is 9.18 Å². The van der Waals surface area contributed by atoms with Gasteiger partial charge in [-0.15, -0.1) is 0 Å². The molecule has 1 unspecified atom stereocenters. The summed E-state index contributed by atoms with van der Waals surface area (Å²) < 4.78 is 21.8. The molecule has 1 aromatic heterocycles. The van der Waals surface area contributed by atoms with E-state index in [0.717, 1.165) is 5.69 Å². The van der Waals surface area contributed by atoms with Gasteiger partial charge in [-0.2, -0.15) is 0 Å². The number of ether oxygens (including phenoxy) is 1. The van der Waals surface area contributed by atoms with Crippen LogP contribution < -0.4 is 10.3 Å². The molecule has 126 valence electrons. The van der Waals surface area contributed by atoms with Gasteiger partial charge in [0.05, 0.1) is 6.10 Å². The molecule has 0 amide bonds. The first-order valence-corrected chi connectivity index (χ1v) is 7.99. The third-order valence-electron chi connectivity index (χ3n) is 3.98. The Balaban J connectivity index is 2.42. The monoisotopic (exact) mass is 320 g/mol. The van der Waals surface area contributed by atoms with E-state index in [1.54, 1.807) is 12.1 Å². The Bertz CT molecular complexity index is 744. The second-order valence-electron chi connectivity index (χ2n) is 6.48. The highest BCUT2D eigenvalue weighted by Gasteiger charge is 2.22. The van der Waals surface area contributed by atoms with Gasteiger partial charge in [0.2, 0.25) is 0 Å². The lowest BCUT2D eigenvalue weighted by molar-refractivity contribution is 0.241. The van der Waals surface area contributed by atoms with Gasteiger partial charge in [0, 0.05) is 29.3 Å². The fourth-order valence-electron chi connectivity index (χ4n) is 2.93. The predicted octanol–water partition coefficient (Wildman–Crippen LogP) is 4.14. The van der Waals surface area contributed by atoms with E-state index < -0.39 is 0 Å². The van der Waals surface area contributed by atoms with Gasteiger partial charge in [0.25, 0.3) is 5.56 Å². The van der Waals surface area contributed by atoms with Crippen LogP contribution in [0.25, 0.3) is 0 Å². The lowest BCUT2D eigenvalue weighted by atomic mass is 9.93. The fraction of sp³-hybridized carbons (Fsp3) is 0.500. The van der Waals surface area contributed by atoms with Crippen LogP contribution in [-0.2, 0) is 0 Å². The third-order valence-corrected chi connectivity index (χ3v) is 3.98. The van der Waals surface area contributed by atoms with Crippen molar-refractivity contribution < 1.29 is 9.13 Å². The van der Waals surface area contributed by atoms with Crippen LogP contribution in [0.15, 0.2) is 23.0 Å². The molecule has 0 aliphatic heterocycles. The zero-order valence-corrected chi connectivity index (χ0v) is 14.6. The van der Waals surface area contributed by atoms with E-state index >= 15 is 0 Å². The topological polar surface area (TPSA) is 47.0 Å². The Morgan fingerprint density at radius 2 is 1.83 bits per heavy atom. The van der Waals surface area contributed by atoms with Crippen molar-refractivity contribution >= 4 is 0 Å². The van der Waals surface area contributed by atoms with Gasteiger partial charge < -0.3 is 4.74 Å². The maximum Gasteiger partial charge on any atom is 0.268 e. The lowest BCUT2D eigenvalue weighted by Crippen LogP contribution is -2.12. The van der Waals surface area contributed by atoms with E-state index in [0.29, 0.717) is 16.9 Å². The highest BCUT2D eigenvalue weighted by Crippen LogP contribution is 2.29. The van der Waals surface area contributed by atoms with Gasteiger partial charge in [0.1, 0.15) is 11.6 Å². The van der Waals surface area contributed by atoms with Crippen LogP contribution in [0.5, 0.6) is 5.75 Å². The average Bonchev–Trinajstić information content (AvgIpc) is 2.73. The number of aromatic nitrogens is 2. The second kappa shape index (κ2) is 6.60. The number of halogens is 1. The number of hydrogen-bond donors (Lipinski definition) is 1. The van der Waals surface area contributed by atoms with E-state index in [2.05, 4.69) is 5.10 Å². The van der Waals surface area contributed by atoms with E-state index in [1.165, 1.54) is 6.07 Å². The van der Waals surface area contributed by atoms with Crippen LogP contribution in [-0.4, -0.2) is 15.9 Å². The smallest absolute Gasteiger partial charge is 0.268 e. The molecular weight excluding hydrogens is 295 g/mol. The average molecular weight is 320 g/mol. The molecule has 0 radical (unpaired) electrons. The number of H-pyrrole nitrogens is 1. The Labute approximate surface area is 136 Å². The minimum Gasteiger partial charge on any atom is -0.491 e. The highest BCUT2D eigenvalue weighted by atomic mass is 19.1. The number of nitrogens with zero attached hydrogens (tertiary/aromatic N) is 1. The zero-order valence-electron chi connectivity index (χ0n) is 14.6. The van der Waals surface area contributed by atoms with Crippen molar-refractivity contribution in [3.05, 3.63) is 51.2 Å². The summed E-state index contributed by atoms with van der Waals surface area (Å²) in [6.07, 6.45) is -0.0113. The van der Waals surface area contributed by atoms with Crippen molar-refractivity contribution in [2.75, 3.05) is 0 Å². The van der Waals surface area contributed by atoms with Gasteiger partial charge in [-0.25, -0.2) is 4.39 Å². The molecule has 2 aromatic rings. The van der Waals surface area contributed by atoms with Gasteiger partial charge in [-0.3, -0.25) is 14.6 Å². The molecule has 1 atom stereocenters. The molecule has 0 saturated carbocycles. The van der Waals surface area contributed by atoms with Crippen molar-refractivity contribution in [1.29, 1.82) is 0 Å². The summed E-state index contributed by atoms with van der Waals surface area (Å²) in [5.74, 6) is -0.183. The van der Waals surface area contributed by atoms with Gasteiger partial charge in [-0.1, -0.05) is 13.0 Å². The van der Waals surface area contributed by atoms with Crippen LogP contribution in [0.3, 0.4) is 0 Å². The van der Waals surface area contributed by atoms with Crippen molar-refractivity contribution in [3.8, 4) is 5.75 Å². The molecule has 0 aliphatic carbocycles. The molecule has 0 fully saturated rings. The van der Waals surface area contributed by atoms with Crippen LogP contribution in [0.1, 0.15) is 63.4 Å². The quantitative estimate of drug-likeness (QED) is 0.900. The molecule has 0 saturated heterocycles. The van der Waals surface area contributed by atoms with Crippen LogP contribution >= 0.6 is 0 Å². The zero-order chi connectivity index (χ0) is 17.3. The van der Waals surface area contributed by atoms with Crippen LogP contribution in [0.2, 0.25) is 0 Å². The number of hydrogen-bond acceptors (Lipinski definition) is 2. The molecule has 0 aliphatic rings. The summed E-state index contributed by atoms with van der Waals surface area (Å²) in [6.45, 7) is 11.5. The SMILES string of the molecule is Cc1c(C(C)c2ccc(OC(C)C)cc2F)c(=O)[nH]n1C(C)C. The fourth-order valence-corrected chi connectivity index (χ4v) is 2.93. The Morgan fingerprint density at radius 3 is 2.30 bits per heavy atom. The summed E-state index contributed by atoms with van der Waals surface area (Å²) in [5.41, 5.74) is 1.79. The van der Waals surface area contributed by atoms with Crippen molar-refractivity contribution in [2.45, 2.75) is 59.6 Å². The minimum absolute atomic E-state index is 0.0113. The molecule has 1 aromatic carbocycles. The van der Waals surface area contributed by atoms with E-state index in [1.807, 2.05) is 46.2 Å². The van der Waals surface area contributed by atoms with E-state index in [4.69, 9.17) is 4.74 Å². The molecule has 5 heteroatoms. The molecule has 4 nitrogen and oxygen atoms in total.